The maximum atomic E-state index is 5.56. The first-order chi connectivity index (χ1) is 8.26. The molecule has 2 nitrogen and oxygen atoms in total. The van der Waals surface area contributed by atoms with E-state index in [2.05, 4.69) is 47.2 Å². The van der Waals surface area contributed by atoms with Crippen LogP contribution in [0, 0.1) is 0 Å². The fraction of sp³-hybridized carbons (Fsp3) is 0.692. The van der Waals surface area contributed by atoms with Gasteiger partial charge in [0.05, 0.1) is 3.79 Å². The predicted octanol–water partition coefficient (Wildman–Crippen LogP) is 3.85. The van der Waals surface area contributed by atoms with Gasteiger partial charge < -0.3 is 10.1 Å². The Kier molecular flexibility index (Phi) is 8.10. The number of halogens is 1. The number of hydrogen-bond donors (Lipinski definition) is 1. The molecule has 1 rings (SSSR count). The van der Waals surface area contributed by atoms with Crippen molar-refractivity contribution < 1.29 is 4.74 Å². The van der Waals surface area contributed by atoms with Gasteiger partial charge in [0.25, 0.3) is 0 Å². The average Bonchev–Trinajstić information content (AvgIpc) is 2.70. The molecule has 0 radical (unpaired) electrons. The molecule has 1 aromatic heterocycles. The van der Waals surface area contributed by atoms with Gasteiger partial charge in [-0.2, -0.15) is 0 Å². The molecule has 1 aromatic rings. The van der Waals surface area contributed by atoms with Crippen molar-refractivity contribution in [1.29, 1.82) is 0 Å². The first kappa shape index (κ1) is 15.2. The maximum absolute atomic E-state index is 5.56. The van der Waals surface area contributed by atoms with Crippen LogP contribution in [0.2, 0.25) is 0 Å². The van der Waals surface area contributed by atoms with Crippen LogP contribution in [-0.2, 0) is 11.2 Å². The highest BCUT2D eigenvalue weighted by Gasteiger charge is 2.09. The first-order valence-corrected chi connectivity index (χ1v) is 7.92. The summed E-state index contributed by atoms with van der Waals surface area (Å²) < 4.78 is 6.77. The average molecular weight is 320 g/mol. The lowest BCUT2D eigenvalue weighted by Gasteiger charge is -2.17. The maximum Gasteiger partial charge on any atom is 0.0701 e. The van der Waals surface area contributed by atoms with E-state index < -0.39 is 0 Å². The molecule has 0 bridgehead atoms. The van der Waals surface area contributed by atoms with Crippen molar-refractivity contribution in [2.75, 3.05) is 19.8 Å². The fourth-order valence-corrected chi connectivity index (χ4v) is 3.30. The van der Waals surface area contributed by atoms with Crippen molar-refractivity contribution in [1.82, 2.24) is 5.32 Å². The Morgan fingerprint density at radius 2 is 2.18 bits per heavy atom. The van der Waals surface area contributed by atoms with Crippen LogP contribution in [0.15, 0.2) is 15.9 Å². The van der Waals surface area contributed by atoms with E-state index in [1.807, 2.05) is 11.3 Å². The van der Waals surface area contributed by atoms with E-state index >= 15 is 0 Å². The molecule has 0 saturated heterocycles. The highest BCUT2D eigenvalue weighted by atomic mass is 79.9. The summed E-state index contributed by atoms with van der Waals surface area (Å²) in [6, 6.07) is 4.85. The lowest BCUT2D eigenvalue weighted by molar-refractivity contribution is 0.124. The van der Waals surface area contributed by atoms with E-state index in [1.54, 1.807) is 0 Å². The number of likely N-dealkylation sites (N-methyl/N-ethyl adjacent to an activating group) is 1. The molecule has 0 aromatic carbocycles. The van der Waals surface area contributed by atoms with Gasteiger partial charge in [-0.1, -0.05) is 13.8 Å². The Bertz CT molecular complexity index is 303. The van der Waals surface area contributed by atoms with Crippen LogP contribution in [0.3, 0.4) is 0 Å². The third-order valence-electron chi connectivity index (χ3n) is 2.53. The number of ether oxygens (including phenoxy) is 1. The molecule has 0 saturated carbocycles. The topological polar surface area (TPSA) is 21.3 Å². The molecular weight excluding hydrogens is 298 g/mol. The predicted molar refractivity (Wildman–Crippen MR) is 78.9 cm³/mol. The van der Waals surface area contributed by atoms with Gasteiger partial charge in [-0.15, -0.1) is 11.3 Å². The van der Waals surface area contributed by atoms with Gasteiger partial charge in [0.15, 0.2) is 0 Å². The molecule has 0 aliphatic heterocycles. The van der Waals surface area contributed by atoms with Crippen molar-refractivity contribution in [3.05, 3.63) is 20.8 Å². The largest absolute Gasteiger partial charge is 0.381 e. The molecule has 0 fully saturated rings. The second-order valence-corrected chi connectivity index (χ2v) is 6.61. The number of rotatable bonds is 9. The molecule has 1 heterocycles. The normalized spacial score (nSPS) is 12.9. The molecule has 0 aliphatic rings. The Hall–Kier alpha value is 0.1000. The molecule has 1 N–H and O–H groups in total. The molecule has 0 amide bonds. The monoisotopic (exact) mass is 319 g/mol. The summed E-state index contributed by atoms with van der Waals surface area (Å²) in [7, 11) is 0. The van der Waals surface area contributed by atoms with Crippen molar-refractivity contribution in [3.8, 4) is 0 Å². The standard InChI is InChI=1S/C13H22BrNOS/c1-3-8-16-9-7-11(15-4-2)10-12-5-6-13(14)17-12/h5-6,11,15H,3-4,7-10H2,1-2H3. The fourth-order valence-electron chi connectivity index (χ4n) is 1.74. The second kappa shape index (κ2) is 9.09. The Morgan fingerprint density at radius 1 is 1.35 bits per heavy atom. The quantitative estimate of drug-likeness (QED) is 0.698. The summed E-state index contributed by atoms with van der Waals surface area (Å²) in [6.45, 7) is 7.06. The summed E-state index contributed by atoms with van der Waals surface area (Å²) in [6.07, 6.45) is 3.28. The summed E-state index contributed by atoms with van der Waals surface area (Å²) in [4.78, 5) is 1.43. The molecule has 0 spiro atoms. The molecular formula is C13H22BrNOS. The van der Waals surface area contributed by atoms with Crippen LogP contribution in [-0.4, -0.2) is 25.8 Å². The molecule has 17 heavy (non-hydrogen) atoms. The van der Waals surface area contributed by atoms with Crippen LogP contribution in [0.4, 0.5) is 0 Å². The van der Waals surface area contributed by atoms with E-state index in [4.69, 9.17) is 4.74 Å². The zero-order valence-corrected chi connectivity index (χ0v) is 13.1. The minimum Gasteiger partial charge on any atom is -0.381 e. The van der Waals surface area contributed by atoms with Gasteiger partial charge in [-0.25, -0.2) is 0 Å². The van der Waals surface area contributed by atoms with E-state index in [0.29, 0.717) is 6.04 Å². The summed E-state index contributed by atoms with van der Waals surface area (Å²) >= 11 is 5.33. The smallest absolute Gasteiger partial charge is 0.0701 e. The molecule has 1 atom stereocenters. The van der Waals surface area contributed by atoms with Crippen LogP contribution in [0.5, 0.6) is 0 Å². The van der Waals surface area contributed by atoms with Crippen molar-refractivity contribution in [2.24, 2.45) is 0 Å². The lowest BCUT2D eigenvalue weighted by atomic mass is 10.1. The number of thiophene rings is 1. The second-order valence-electron chi connectivity index (χ2n) is 4.07. The van der Waals surface area contributed by atoms with Crippen LogP contribution in [0.25, 0.3) is 0 Å². The summed E-state index contributed by atoms with van der Waals surface area (Å²) in [5, 5.41) is 3.53. The Labute approximate surface area is 117 Å². The van der Waals surface area contributed by atoms with Gasteiger partial charge in [-0.05, 0) is 53.9 Å². The zero-order valence-electron chi connectivity index (χ0n) is 10.7. The van der Waals surface area contributed by atoms with Crippen molar-refractivity contribution in [2.45, 2.75) is 39.2 Å². The molecule has 4 heteroatoms. The third-order valence-corrected chi connectivity index (χ3v) is 4.17. The SMILES string of the molecule is CCCOCCC(Cc1ccc(Br)s1)NCC. The van der Waals surface area contributed by atoms with E-state index in [1.165, 1.54) is 8.66 Å². The van der Waals surface area contributed by atoms with Crippen molar-refractivity contribution >= 4 is 27.3 Å². The van der Waals surface area contributed by atoms with Crippen LogP contribution >= 0.6 is 27.3 Å². The number of nitrogens with one attached hydrogen (secondary N) is 1. The van der Waals surface area contributed by atoms with Gasteiger partial charge >= 0.3 is 0 Å². The van der Waals surface area contributed by atoms with Crippen LogP contribution < -0.4 is 5.32 Å². The van der Waals surface area contributed by atoms with E-state index in [-0.39, 0.29) is 0 Å². The zero-order chi connectivity index (χ0) is 12.5. The summed E-state index contributed by atoms with van der Waals surface area (Å²) in [5.74, 6) is 0. The molecule has 0 aliphatic carbocycles. The molecule has 1 unspecified atom stereocenters. The first-order valence-electron chi connectivity index (χ1n) is 6.31. The summed E-state index contributed by atoms with van der Waals surface area (Å²) in [5.41, 5.74) is 0. The van der Waals surface area contributed by atoms with Crippen molar-refractivity contribution in [3.63, 3.8) is 0 Å². The van der Waals surface area contributed by atoms with Gasteiger partial charge in [0, 0.05) is 24.1 Å². The third kappa shape index (κ3) is 6.55. The Balaban J connectivity index is 2.32. The number of hydrogen-bond acceptors (Lipinski definition) is 3. The van der Waals surface area contributed by atoms with Gasteiger partial charge in [0.2, 0.25) is 0 Å². The highest BCUT2D eigenvalue weighted by Crippen LogP contribution is 2.23. The van der Waals surface area contributed by atoms with E-state index in [9.17, 15) is 0 Å². The van der Waals surface area contributed by atoms with E-state index in [0.717, 1.165) is 39.0 Å². The Morgan fingerprint density at radius 3 is 2.76 bits per heavy atom. The minimum absolute atomic E-state index is 0.530. The highest BCUT2D eigenvalue weighted by molar-refractivity contribution is 9.11. The van der Waals surface area contributed by atoms with Gasteiger partial charge in [-0.3, -0.25) is 0 Å². The van der Waals surface area contributed by atoms with Crippen LogP contribution in [0.1, 0.15) is 31.6 Å². The molecule has 98 valence electrons. The minimum atomic E-state index is 0.530. The lowest BCUT2D eigenvalue weighted by Crippen LogP contribution is -2.32. The van der Waals surface area contributed by atoms with Gasteiger partial charge in [0.1, 0.15) is 0 Å².